The molecule has 1 unspecified atom stereocenters. The molecule has 0 amide bonds. The van der Waals surface area contributed by atoms with Gasteiger partial charge in [-0.05, 0) is 27.7 Å². The van der Waals surface area contributed by atoms with E-state index >= 15 is 0 Å². The van der Waals surface area contributed by atoms with Gasteiger partial charge in [0.2, 0.25) is 0 Å². The Morgan fingerprint density at radius 1 is 1.22 bits per heavy atom. The van der Waals surface area contributed by atoms with E-state index in [9.17, 15) is 0 Å². The maximum Gasteiger partial charge on any atom is 0.0900 e. The summed E-state index contributed by atoms with van der Waals surface area (Å²) in [5, 5.41) is 4.55. The molecule has 2 rings (SSSR count). The van der Waals surface area contributed by atoms with E-state index in [2.05, 4.69) is 34.1 Å². The first-order valence-electron chi connectivity index (χ1n) is 6.01. The lowest BCUT2D eigenvalue weighted by Gasteiger charge is -2.12. The lowest BCUT2D eigenvalue weighted by Crippen LogP contribution is -2.19. The van der Waals surface area contributed by atoms with E-state index in [4.69, 9.17) is 0 Å². The molecule has 1 atom stereocenters. The van der Waals surface area contributed by atoms with E-state index in [1.807, 2.05) is 20.0 Å². The summed E-state index contributed by atoms with van der Waals surface area (Å²) in [4.78, 5) is 14.4. The van der Waals surface area contributed by atoms with Gasteiger partial charge in [0.15, 0.2) is 0 Å². The van der Waals surface area contributed by atoms with Gasteiger partial charge in [0.1, 0.15) is 0 Å². The molecule has 4 nitrogen and oxygen atoms in total. The zero-order valence-electron chi connectivity index (χ0n) is 11.2. The van der Waals surface area contributed by atoms with Crippen LogP contribution < -0.4 is 5.32 Å². The first kappa shape index (κ1) is 13.1. The Bertz CT molecular complexity index is 518. The number of hydrogen-bond donors (Lipinski definition) is 1. The second-order valence-electron chi connectivity index (χ2n) is 4.43. The Labute approximate surface area is 112 Å². The molecule has 0 fully saturated rings. The van der Waals surface area contributed by atoms with Crippen LogP contribution in [0.2, 0.25) is 0 Å². The molecular formula is C13H18N4S. The Morgan fingerprint density at radius 2 is 2.00 bits per heavy atom. The molecule has 0 aliphatic rings. The van der Waals surface area contributed by atoms with Crippen LogP contribution in [0.3, 0.4) is 0 Å². The number of thiazole rings is 1. The number of rotatable bonds is 4. The summed E-state index contributed by atoms with van der Waals surface area (Å²) in [5.74, 6) is 0. The maximum absolute atomic E-state index is 4.56. The number of hydrogen-bond acceptors (Lipinski definition) is 5. The Kier molecular flexibility index (Phi) is 4.04. The third-order valence-electron chi connectivity index (χ3n) is 2.77. The van der Waals surface area contributed by atoms with Gasteiger partial charge in [0.25, 0.3) is 0 Å². The van der Waals surface area contributed by atoms with Gasteiger partial charge in [-0.3, -0.25) is 9.97 Å². The normalized spacial score (nSPS) is 12.7. The highest BCUT2D eigenvalue weighted by Crippen LogP contribution is 2.22. The third kappa shape index (κ3) is 3.11. The highest BCUT2D eigenvalue weighted by Gasteiger charge is 2.12. The van der Waals surface area contributed by atoms with E-state index in [1.165, 1.54) is 4.88 Å². The van der Waals surface area contributed by atoms with Gasteiger partial charge in [-0.15, -0.1) is 11.3 Å². The monoisotopic (exact) mass is 262 g/mol. The van der Waals surface area contributed by atoms with E-state index in [1.54, 1.807) is 17.5 Å². The molecule has 0 radical (unpaired) electrons. The van der Waals surface area contributed by atoms with Crippen molar-refractivity contribution in [2.75, 3.05) is 0 Å². The topological polar surface area (TPSA) is 50.7 Å². The van der Waals surface area contributed by atoms with Crippen molar-refractivity contribution in [2.45, 2.75) is 40.3 Å². The number of nitrogens with one attached hydrogen (secondary N) is 1. The lowest BCUT2D eigenvalue weighted by atomic mass is 10.2. The molecule has 5 heteroatoms. The van der Waals surface area contributed by atoms with Gasteiger partial charge in [-0.1, -0.05) is 0 Å². The molecule has 2 aromatic rings. The first-order chi connectivity index (χ1) is 8.56. The summed E-state index contributed by atoms with van der Waals surface area (Å²) in [6.07, 6.45) is 3.61. The van der Waals surface area contributed by atoms with Crippen molar-refractivity contribution >= 4 is 11.3 Å². The van der Waals surface area contributed by atoms with Crippen molar-refractivity contribution in [3.8, 4) is 0 Å². The highest BCUT2D eigenvalue weighted by molar-refractivity contribution is 7.11. The second-order valence-corrected chi connectivity index (χ2v) is 5.83. The van der Waals surface area contributed by atoms with Gasteiger partial charge >= 0.3 is 0 Å². The molecule has 2 aromatic heterocycles. The average molecular weight is 262 g/mol. The van der Waals surface area contributed by atoms with Gasteiger partial charge < -0.3 is 5.32 Å². The van der Waals surface area contributed by atoms with Gasteiger partial charge in [0.05, 0.1) is 22.1 Å². The van der Waals surface area contributed by atoms with E-state index < -0.39 is 0 Å². The predicted octanol–water partition coefficient (Wildman–Crippen LogP) is 2.71. The van der Waals surface area contributed by atoms with Crippen LogP contribution in [0.15, 0.2) is 12.4 Å². The van der Waals surface area contributed by atoms with Crippen molar-refractivity contribution in [2.24, 2.45) is 0 Å². The number of nitrogens with zero attached hydrogens (tertiary/aromatic N) is 3. The van der Waals surface area contributed by atoms with E-state index in [0.29, 0.717) is 6.54 Å². The predicted molar refractivity (Wildman–Crippen MR) is 73.6 cm³/mol. The third-order valence-corrected chi connectivity index (χ3v) is 3.68. The molecule has 96 valence electrons. The fourth-order valence-electron chi connectivity index (χ4n) is 1.81. The minimum Gasteiger partial charge on any atom is -0.303 e. The molecule has 0 saturated heterocycles. The summed E-state index contributed by atoms with van der Waals surface area (Å²) in [5.41, 5.74) is 3.03. The summed E-state index contributed by atoms with van der Waals surface area (Å²) in [6, 6.07) is 0.234. The summed E-state index contributed by atoms with van der Waals surface area (Å²) in [7, 11) is 0. The average Bonchev–Trinajstić information content (AvgIpc) is 2.67. The molecule has 0 spiro atoms. The molecule has 0 bridgehead atoms. The van der Waals surface area contributed by atoms with Gasteiger partial charge in [-0.2, -0.15) is 0 Å². The van der Waals surface area contributed by atoms with Crippen LogP contribution >= 0.6 is 11.3 Å². The minimum atomic E-state index is 0.234. The van der Waals surface area contributed by atoms with E-state index in [-0.39, 0.29) is 6.04 Å². The van der Waals surface area contributed by atoms with Crippen LogP contribution in [0.25, 0.3) is 0 Å². The summed E-state index contributed by atoms with van der Waals surface area (Å²) in [6.45, 7) is 8.94. The van der Waals surface area contributed by atoms with Gasteiger partial charge in [0, 0.05) is 29.9 Å². The zero-order valence-corrected chi connectivity index (χ0v) is 12.0. The fourth-order valence-corrected chi connectivity index (χ4v) is 2.73. The highest BCUT2D eigenvalue weighted by atomic mass is 32.1. The lowest BCUT2D eigenvalue weighted by molar-refractivity contribution is 0.553. The van der Waals surface area contributed by atoms with Crippen LogP contribution in [0.5, 0.6) is 0 Å². The Hall–Kier alpha value is -1.33. The Morgan fingerprint density at radius 3 is 2.56 bits per heavy atom. The van der Waals surface area contributed by atoms with Crippen molar-refractivity contribution < 1.29 is 0 Å². The van der Waals surface area contributed by atoms with E-state index in [0.717, 1.165) is 22.1 Å². The molecule has 0 aliphatic carbocycles. The SMILES string of the molecule is Cc1cnc(CNC(C)c2nc(C)sc2C)cn1. The van der Waals surface area contributed by atoms with Crippen molar-refractivity contribution in [1.82, 2.24) is 20.3 Å². The minimum absolute atomic E-state index is 0.234. The molecule has 0 aromatic carbocycles. The maximum atomic E-state index is 4.56. The number of aryl methyl sites for hydroxylation is 3. The standard InChI is InChI=1S/C13H18N4S/c1-8-5-16-12(6-14-8)7-15-9(2)13-10(3)18-11(4)17-13/h5-6,9,15H,7H2,1-4H3. The van der Waals surface area contributed by atoms with Crippen LogP contribution in [-0.2, 0) is 6.54 Å². The molecule has 1 N–H and O–H groups in total. The van der Waals surface area contributed by atoms with Crippen LogP contribution in [0.4, 0.5) is 0 Å². The molecular weight excluding hydrogens is 244 g/mol. The smallest absolute Gasteiger partial charge is 0.0900 e. The molecule has 0 aliphatic heterocycles. The van der Waals surface area contributed by atoms with Crippen LogP contribution in [0, 0.1) is 20.8 Å². The van der Waals surface area contributed by atoms with Crippen molar-refractivity contribution in [3.63, 3.8) is 0 Å². The molecule has 2 heterocycles. The van der Waals surface area contributed by atoms with Crippen molar-refractivity contribution in [3.05, 3.63) is 39.4 Å². The summed E-state index contributed by atoms with van der Waals surface area (Å²) < 4.78 is 0. The largest absolute Gasteiger partial charge is 0.303 e. The number of aromatic nitrogens is 3. The quantitative estimate of drug-likeness (QED) is 0.920. The fraction of sp³-hybridized carbons (Fsp3) is 0.462. The molecule has 18 heavy (non-hydrogen) atoms. The van der Waals surface area contributed by atoms with Gasteiger partial charge in [-0.25, -0.2) is 4.98 Å². The zero-order chi connectivity index (χ0) is 13.1. The van der Waals surface area contributed by atoms with Crippen LogP contribution in [-0.4, -0.2) is 15.0 Å². The first-order valence-corrected chi connectivity index (χ1v) is 6.82. The van der Waals surface area contributed by atoms with Crippen LogP contribution in [0.1, 0.15) is 39.9 Å². The van der Waals surface area contributed by atoms with Crippen molar-refractivity contribution in [1.29, 1.82) is 0 Å². The Balaban J connectivity index is 1.98. The second kappa shape index (κ2) is 5.54. The summed E-state index contributed by atoms with van der Waals surface area (Å²) >= 11 is 1.74. The molecule has 0 saturated carbocycles.